The Kier molecular flexibility index (Phi) is 5.73. The highest BCUT2D eigenvalue weighted by Gasteiger charge is 2.21. The predicted molar refractivity (Wildman–Crippen MR) is 81.1 cm³/mol. The van der Waals surface area contributed by atoms with Crippen LogP contribution in [-0.2, 0) is 4.79 Å². The summed E-state index contributed by atoms with van der Waals surface area (Å²) in [4.78, 5) is 27.4. The molecule has 0 aliphatic carbocycles. The first kappa shape index (κ1) is 17.0. The number of carbonyl (C=O) groups excluding carboxylic acids is 2. The second-order valence-corrected chi connectivity index (χ2v) is 5.90. The van der Waals surface area contributed by atoms with Gasteiger partial charge in [0.05, 0.1) is 10.8 Å². The van der Waals surface area contributed by atoms with E-state index in [9.17, 15) is 14.9 Å². The van der Waals surface area contributed by atoms with E-state index >= 15 is 0 Å². The van der Waals surface area contributed by atoms with E-state index < -0.39 is 17.2 Å². The lowest BCUT2D eigenvalue weighted by Crippen LogP contribution is -2.41. The van der Waals surface area contributed by atoms with Gasteiger partial charge in [0.1, 0.15) is 11.1 Å². The Labute approximate surface area is 128 Å². The van der Waals surface area contributed by atoms with Gasteiger partial charge in [-0.1, -0.05) is 11.8 Å². The number of urea groups is 1. The second-order valence-electron chi connectivity index (χ2n) is 4.57. The fraction of sp³-hybridized carbons (Fsp3) is 0.429. The highest BCUT2D eigenvalue weighted by Crippen LogP contribution is 2.29. The highest BCUT2D eigenvalue weighted by molar-refractivity contribution is 8.00. The van der Waals surface area contributed by atoms with Crippen molar-refractivity contribution < 1.29 is 9.59 Å². The van der Waals surface area contributed by atoms with Crippen molar-refractivity contribution in [1.82, 2.24) is 15.6 Å². The zero-order valence-corrected chi connectivity index (χ0v) is 13.5. The molecule has 0 spiro atoms. The Morgan fingerprint density at radius 1 is 1.29 bits per heavy atom. The zero-order valence-electron chi connectivity index (χ0n) is 12.7. The van der Waals surface area contributed by atoms with Gasteiger partial charge in [0.25, 0.3) is 0 Å². The minimum atomic E-state index is -0.558. The molecule has 7 heteroatoms. The Morgan fingerprint density at radius 2 is 1.90 bits per heavy atom. The number of aryl methyl sites for hydroxylation is 1. The molecule has 0 radical (unpaired) electrons. The van der Waals surface area contributed by atoms with E-state index in [1.165, 1.54) is 18.8 Å². The van der Waals surface area contributed by atoms with Crippen LogP contribution in [0.3, 0.4) is 0 Å². The maximum Gasteiger partial charge on any atom is 0.321 e. The Hall–Kier alpha value is -2.07. The van der Waals surface area contributed by atoms with Crippen molar-refractivity contribution in [3.8, 4) is 6.07 Å². The summed E-state index contributed by atoms with van der Waals surface area (Å²) in [5, 5.41) is 13.8. The first-order chi connectivity index (χ1) is 9.81. The third kappa shape index (κ3) is 3.95. The Balaban J connectivity index is 3.01. The van der Waals surface area contributed by atoms with Crippen molar-refractivity contribution >= 4 is 23.7 Å². The summed E-state index contributed by atoms with van der Waals surface area (Å²) >= 11 is 1.17. The average Bonchev–Trinajstić information content (AvgIpc) is 2.44. The van der Waals surface area contributed by atoms with Gasteiger partial charge in [0.15, 0.2) is 0 Å². The van der Waals surface area contributed by atoms with E-state index in [0.29, 0.717) is 10.6 Å². The normalized spacial score (nSPS) is 11.4. The van der Waals surface area contributed by atoms with Gasteiger partial charge >= 0.3 is 6.03 Å². The van der Waals surface area contributed by atoms with Crippen LogP contribution in [0.4, 0.5) is 4.79 Å². The number of hydrogen-bond donors (Lipinski definition) is 2. The van der Waals surface area contributed by atoms with Gasteiger partial charge < -0.3 is 5.32 Å². The molecule has 0 unspecified atom stereocenters. The number of rotatable bonds is 3. The smallest absolute Gasteiger partial charge is 0.321 e. The number of nitrogens with one attached hydrogen (secondary N) is 2. The maximum absolute atomic E-state index is 11.8. The minimum absolute atomic E-state index is 0.430. The first-order valence-electron chi connectivity index (χ1n) is 6.38. The Morgan fingerprint density at radius 3 is 2.43 bits per heavy atom. The quantitative estimate of drug-likeness (QED) is 0.831. The van der Waals surface area contributed by atoms with Gasteiger partial charge in [-0.25, -0.2) is 9.78 Å². The average molecular weight is 306 g/mol. The predicted octanol–water partition coefficient (Wildman–Crippen LogP) is 1.81. The summed E-state index contributed by atoms with van der Waals surface area (Å²) in [6.07, 6.45) is 0. The van der Waals surface area contributed by atoms with E-state index in [-0.39, 0.29) is 0 Å². The lowest BCUT2D eigenvalue weighted by atomic mass is 10.1. The maximum atomic E-state index is 11.8. The van der Waals surface area contributed by atoms with Gasteiger partial charge in [0, 0.05) is 12.7 Å². The number of pyridine rings is 1. The van der Waals surface area contributed by atoms with Crippen LogP contribution in [0.15, 0.2) is 5.03 Å². The van der Waals surface area contributed by atoms with Crippen molar-refractivity contribution in [3.63, 3.8) is 0 Å². The van der Waals surface area contributed by atoms with Crippen LogP contribution < -0.4 is 10.6 Å². The lowest BCUT2D eigenvalue weighted by Gasteiger charge is -2.14. The van der Waals surface area contributed by atoms with E-state index in [1.807, 2.05) is 20.8 Å². The molecule has 21 heavy (non-hydrogen) atoms. The zero-order chi connectivity index (χ0) is 16.2. The molecule has 3 amide bonds. The van der Waals surface area contributed by atoms with E-state index in [2.05, 4.69) is 21.7 Å². The molecule has 1 rings (SSSR count). The molecule has 0 saturated heterocycles. The molecule has 0 aromatic carbocycles. The van der Waals surface area contributed by atoms with Crippen LogP contribution >= 0.6 is 11.8 Å². The van der Waals surface area contributed by atoms with Gasteiger partial charge in [-0.15, -0.1) is 0 Å². The molecule has 1 aromatic rings. The molecule has 1 atom stereocenters. The summed E-state index contributed by atoms with van der Waals surface area (Å²) in [5.41, 5.74) is 3.14. The van der Waals surface area contributed by atoms with E-state index in [1.54, 1.807) is 6.92 Å². The highest BCUT2D eigenvalue weighted by atomic mass is 32.2. The van der Waals surface area contributed by atoms with Crippen molar-refractivity contribution in [2.45, 2.75) is 38.0 Å². The number of nitrogens with zero attached hydrogens (tertiary/aromatic N) is 2. The Bertz CT molecular complexity index is 622. The molecule has 0 fully saturated rings. The summed E-state index contributed by atoms with van der Waals surface area (Å²) in [5.74, 6) is -0.430. The first-order valence-corrected chi connectivity index (χ1v) is 7.26. The van der Waals surface area contributed by atoms with Gasteiger partial charge in [-0.05, 0) is 38.8 Å². The summed E-state index contributed by atoms with van der Waals surface area (Å²) in [7, 11) is 1.43. The number of carbonyl (C=O) groups is 2. The SMILES string of the molecule is CNC(=O)NC(=O)[C@@H](C)Sc1nc(C)c(C)c(C)c1C#N. The number of nitriles is 1. The number of hydrogen-bond acceptors (Lipinski definition) is 5. The second kappa shape index (κ2) is 7.09. The lowest BCUT2D eigenvalue weighted by molar-refractivity contribution is -0.119. The molecule has 1 aromatic heterocycles. The fourth-order valence-corrected chi connectivity index (χ4v) is 2.63. The molecule has 6 nitrogen and oxygen atoms in total. The van der Waals surface area contributed by atoms with Crippen LogP contribution in [0, 0.1) is 32.1 Å². The van der Waals surface area contributed by atoms with Crippen LogP contribution in [0.5, 0.6) is 0 Å². The third-order valence-electron chi connectivity index (χ3n) is 3.20. The monoisotopic (exact) mass is 306 g/mol. The molecule has 1 heterocycles. The summed E-state index contributed by atoms with van der Waals surface area (Å²) in [6, 6.07) is 1.58. The fourth-order valence-electron chi connectivity index (χ4n) is 1.63. The van der Waals surface area contributed by atoms with Crippen molar-refractivity contribution in [2.24, 2.45) is 0 Å². The molecule has 0 saturated carbocycles. The number of imide groups is 1. The third-order valence-corrected chi connectivity index (χ3v) is 4.28. The molecule has 2 N–H and O–H groups in total. The van der Waals surface area contributed by atoms with Gasteiger partial charge in [-0.3, -0.25) is 10.1 Å². The molecule has 0 bridgehead atoms. The summed E-state index contributed by atoms with van der Waals surface area (Å²) in [6.45, 7) is 7.30. The van der Waals surface area contributed by atoms with Crippen LogP contribution in [0.2, 0.25) is 0 Å². The van der Waals surface area contributed by atoms with Crippen molar-refractivity contribution in [1.29, 1.82) is 5.26 Å². The number of amides is 3. The molecule has 112 valence electrons. The largest absolute Gasteiger partial charge is 0.341 e. The molecule has 0 aliphatic rings. The van der Waals surface area contributed by atoms with Crippen molar-refractivity contribution in [3.05, 3.63) is 22.4 Å². The van der Waals surface area contributed by atoms with Crippen molar-refractivity contribution in [2.75, 3.05) is 7.05 Å². The minimum Gasteiger partial charge on any atom is -0.341 e. The topological polar surface area (TPSA) is 94.9 Å². The van der Waals surface area contributed by atoms with Crippen LogP contribution in [-0.4, -0.2) is 29.2 Å². The van der Waals surface area contributed by atoms with Gasteiger partial charge in [0.2, 0.25) is 5.91 Å². The van der Waals surface area contributed by atoms with E-state index in [0.717, 1.165) is 16.8 Å². The van der Waals surface area contributed by atoms with E-state index in [4.69, 9.17) is 0 Å². The molecular weight excluding hydrogens is 288 g/mol. The number of aromatic nitrogens is 1. The number of thioether (sulfide) groups is 1. The molecule has 0 aliphatic heterocycles. The van der Waals surface area contributed by atoms with Gasteiger partial charge in [-0.2, -0.15) is 5.26 Å². The molecular formula is C14H18N4O2S. The van der Waals surface area contributed by atoms with Crippen LogP contribution in [0.1, 0.15) is 29.3 Å². The van der Waals surface area contributed by atoms with Crippen LogP contribution in [0.25, 0.3) is 0 Å². The standard InChI is InChI=1S/C14H18N4O2S/c1-7-8(2)11(6-15)13(17-9(7)3)21-10(4)12(19)18-14(20)16-5/h10H,1-5H3,(H2,16,18,19,20)/t10-/m1/s1. The summed E-state index contributed by atoms with van der Waals surface area (Å²) < 4.78 is 0.